The number of carbonyl (C=O) groups excluding carboxylic acids is 1. The highest BCUT2D eigenvalue weighted by atomic mass is 35.5. The van der Waals surface area contributed by atoms with Crippen LogP contribution in [0.3, 0.4) is 0 Å². The zero-order valence-electron chi connectivity index (χ0n) is 13.3. The van der Waals surface area contributed by atoms with Gasteiger partial charge in [0.05, 0.1) is 19.8 Å². The molecule has 0 unspecified atom stereocenters. The van der Waals surface area contributed by atoms with Crippen molar-refractivity contribution < 1.29 is 14.3 Å². The predicted molar refractivity (Wildman–Crippen MR) is 96.9 cm³/mol. The minimum Gasteiger partial charge on any atom is -0.496 e. The van der Waals surface area contributed by atoms with Gasteiger partial charge in [-0.3, -0.25) is 4.79 Å². The molecule has 6 heteroatoms. The van der Waals surface area contributed by atoms with E-state index >= 15 is 0 Å². The van der Waals surface area contributed by atoms with Crippen molar-refractivity contribution in [2.24, 2.45) is 0 Å². The summed E-state index contributed by atoms with van der Waals surface area (Å²) in [4.78, 5) is 12.0. The number of hydrogen-bond donors (Lipinski definition) is 1. The average molecular weight is 366 g/mol. The second-order valence-electron chi connectivity index (χ2n) is 4.86. The molecule has 4 nitrogen and oxygen atoms in total. The van der Waals surface area contributed by atoms with Gasteiger partial charge in [-0.2, -0.15) is 0 Å². The molecule has 0 aliphatic carbocycles. The number of benzene rings is 2. The highest BCUT2D eigenvalue weighted by Gasteiger charge is 2.07. The zero-order valence-corrected chi connectivity index (χ0v) is 14.8. The Kier molecular flexibility index (Phi) is 6.53. The summed E-state index contributed by atoms with van der Waals surface area (Å²) >= 11 is 11.9. The standard InChI is InChI=1S/C18H17Cl2NO3/c1-23-16-4-3-5-17(24-2)14(16)8-9-18(22)21-11-12-6-7-13(19)10-15(12)20/h3-10H,11H2,1-2H3,(H,21,22). The van der Waals surface area contributed by atoms with Gasteiger partial charge in [0.2, 0.25) is 5.91 Å². The van der Waals surface area contributed by atoms with Gasteiger partial charge in [0.1, 0.15) is 11.5 Å². The van der Waals surface area contributed by atoms with E-state index in [2.05, 4.69) is 5.32 Å². The molecule has 0 aromatic heterocycles. The maximum atomic E-state index is 12.0. The van der Waals surface area contributed by atoms with Crippen molar-refractivity contribution in [3.8, 4) is 11.5 Å². The Balaban J connectivity index is 2.06. The summed E-state index contributed by atoms with van der Waals surface area (Å²) in [7, 11) is 3.13. The Labute approximate surface area is 151 Å². The van der Waals surface area contributed by atoms with E-state index in [9.17, 15) is 4.79 Å². The maximum Gasteiger partial charge on any atom is 0.244 e. The monoisotopic (exact) mass is 365 g/mol. The molecule has 0 aliphatic rings. The Morgan fingerprint density at radius 2 is 1.79 bits per heavy atom. The van der Waals surface area contributed by atoms with Gasteiger partial charge >= 0.3 is 0 Å². The molecule has 0 heterocycles. The lowest BCUT2D eigenvalue weighted by Gasteiger charge is -2.09. The van der Waals surface area contributed by atoms with Gasteiger partial charge in [-0.1, -0.05) is 35.3 Å². The molecule has 0 spiro atoms. The highest BCUT2D eigenvalue weighted by molar-refractivity contribution is 6.35. The Morgan fingerprint density at radius 1 is 1.12 bits per heavy atom. The summed E-state index contributed by atoms with van der Waals surface area (Å²) in [5.41, 5.74) is 1.49. The van der Waals surface area contributed by atoms with Crippen LogP contribution in [0.4, 0.5) is 0 Å². The molecular formula is C18H17Cl2NO3. The largest absolute Gasteiger partial charge is 0.496 e. The number of carbonyl (C=O) groups is 1. The molecule has 0 fully saturated rings. The molecular weight excluding hydrogens is 349 g/mol. The first-order valence-electron chi connectivity index (χ1n) is 7.16. The molecule has 1 N–H and O–H groups in total. The van der Waals surface area contributed by atoms with E-state index in [0.29, 0.717) is 33.7 Å². The second kappa shape index (κ2) is 8.62. The quantitative estimate of drug-likeness (QED) is 0.774. The molecule has 0 atom stereocenters. The van der Waals surface area contributed by atoms with Crippen molar-refractivity contribution >= 4 is 35.2 Å². The van der Waals surface area contributed by atoms with Crippen LogP contribution in [0.15, 0.2) is 42.5 Å². The third kappa shape index (κ3) is 4.66. The van der Waals surface area contributed by atoms with Crippen molar-refractivity contribution in [1.29, 1.82) is 0 Å². The van der Waals surface area contributed by atoms with Crippen LogP contribution in [-0.2, 0) is 11.3 Å². The van der Waals surface area contributed by atoms with Crippen LogP contribution in [0.2, 0.25) is 10.0 Å². The number of ether oxygens (including phenoxy) is 2. The summed E-state index contributed by atoms with van der Waals surface area (Å²) in [6.07, 6.45) is 3.07. The third-order valence-electron chi connectivity index (χ3n) is 3.34. The minimum atomic E-state index is -0.256. The van der Waals surface area contributed by atoms with Crippen LogP contribution < -0.4 is 14.8 Å². The summed E-state index contributed by atoms with van der Waals surface area (Å²) in [6.45, 7) is 0.308. The minimum absolute atomic E-state index is 0.256. The first-order valence-corrected chi connectivity index (χ1v) is 7.91. The first-order chi connectivity index (χ1) is 11.5. The van der Waals surface area contributed by atoms with E-state index in [1.54, 1.807) is 50.6 Å². The van der Waals surface area contributed by atoms with E-state index in [-0.39, 0.29) is 5.91 Å². The summed E-state index contributed by atoms with van der Waals surface area (Å²) < 4.78 is 10.6. The van der Waals surface area contributed by atoms with Crippen molar-refractivity contribution in [2.75, 3.05) is 14.2 Å². The molecule has 1 amide bonds. The molecule has 2 rings (SSSR count). The van der Waals surface area contributed by atoms with Crippen LogP contribution in [0.5, 0.6) is 11.5 Å². The van der Waals surface area contributed by atoms with Gasteiger partial charge in [0.25, 0.3) is 0 Å². The van der Waals surface area contributed by atoms with Gasteiger partial charge in [-0.15, -0.1) is 0 Å². The summed E-state index contributed by atoms with van der Waals surface area (Å²) in [5, 5.41) is 3.84. The van der Waals surface area contributed by atoms with E-state index in [0.717, 1.165) is 5.56 Å². The molecule has 0 aliphatic heterocycles. The highest BCUT2D eigenvalue weighted by Crippen LogP contribution is 2.29. The number of hydrogen-bond acceptors (Lipinski definition) is 3. The van der Waals surface area contributed by atoms with Gasteiger partial charge in [0.15, 0.2) is 0 Å². The molecule has 0 saturated carbocycles. The number of methoxy groups -OCH3 is 2. The van der Waals surface area contributed by atoms with Crippen molar-refractivity contribution in [3.63, 3.8) is 0 Å². The molecule has 2 aromatic carbocycles. The fraction of sp³-hybridized carbons (Fsp3) is 0.167. The lowest BCUT2D eigenvalue weighted by atomic mass is 10.1. The van der Waals surface area contributed by atoms with E-state index in [1.165, 1.54) is 6.08 Å². The van der Waals surface area contributed by atoms with Crippen LogP contribution >= 0.6 is 23.2 Å². The van der Waals surface area contributed by atoms with Crippen molar-refractivity contribution in [1.82, 2.24) is 5.32 Å². The summed E-state index contributed by atoms with van der Waals surface area (Å²) in [5.74, 6) is 0.993. The molecule has 0 radical (unpaired) electrons. The normalized spacial score (nSPS) is 10.7. The lowest BCUT2D eigenvalue weighted by molar-refractivity contribution is -0.116. The Morgan fingerprint density at radius 3 is 2.38 bits per heavy atom. The van der Waals surface area contributed by atoms with Crippen LogP contribution in [-0.4, -0.2) is 20.1 Å². The van der Waals surface area contributed by atoms with Crippen molar-refractivity contribution in [3.05, 3.63) is 63.6 Å². The fourth-order valence-corrected chi connectivity index (χ4v) is 2.58. The molecule has 2 aromatic rings. The molecule has 0 bridgehead atoms. The maximum absolute atomic E-state index is 12.0. The second-order valence-corrected chi connectivity index (χ2v) is 5.71. The van der Waals surface area contributed by atoms with E-state index in [1.807, 2.05) is 6.07 Å². The van der Waals surface area contributed by atoms with Gasteiger partial charge in [-0.05, 0) is 35.9 Å². The third-order valence-corrected chi connectivity index (χ3v) is 3.92. The fourth-order valence-electron chi connectivity index (χ4n) is 2.11. The number of rotatable bonds is 6. The molecule has 0 saturated heterocycles. The Hall–Kier alpha value is -2.17. The topological polar surface area (TPSA) is 47.6 Å². The average Bonchev–Trinajstić information content (AvgIpc) is 2.58. The van der Waals surface area contributed by atoms with Gasteiger partial charge in [0, 0.05) is 22.7 Å². The van der Waals surface area contributed by atoms with E-state index < -0.39 is 0 Å². The van der Waals surface area contributed by atoms with Crippen molar-refractivity contribution in [2.45, 2.75) is 6.54 Å². The predicted octanol–water partition coefficient (Wildman–Crippen LogP) is 4.34. The lowest BCUT2D eigenvalue weighted by Crippen LogP contribution is -2.20. The smallest absolute Gasteiger partial charge is 0.244 e. The first kappa shape index (κ1) is 18.2. The summed E-state index contributed by atoms with van der Waals surface area (Å²) in [6, 6.07) is 10.6. The van der Waals surface area contributed by atoms with Crippen LogP contribution in [0.1, 0.15) is 11.1 Å². The van der Waals surface area contributed by atoms with Gasteiger partial charge < -0.3 is 14.8 Å². The number of halogens is 2. The molecule has 24 heavy (non-hydrogen) atoms. The molecule has 126 valence electrons. The van der Waals surface area contributed by atoms with Crippen LogP contribution in [0, 0.1) is 0 Å². The Bertz CT molecular complexity index is 738. The number of nitrogens with one attached hydrogen (secondary N) is 1. The zero-order chi connectivity index (χ0) is 17.5. The number of amides is 1. The van der Waals surface area contributed by atoms with E-state index in [4.69, 9.17) is 32.7 Å². The van der Waals surface area contributed by atoms with Crippen LogP contribution in [0.25, 0.3) is 6.08 Å². The SMILES string of the molecule is COc1cccc(OC)c1C=CC(=O)NCc1ccc(Cl)cc1Cl. The van der Waals surface area contributed by atoms with Gasteiger partial charge in [-0.25, -0.2) is 0 Å².